The number of anilines is 1. The molecule has 0 atom stereocenters. The Hall–Kier alpha value is -2.12. The van der Waals surface area contributed by atoms with Gasteiger partial charge in [-0.3, -0.25) is 4.79 Å². The van der Waals surface area contributed by atoms with E-state index in [4.69, 9.17) is 0 Å². The molecule has 1 N–H and O–H groups in total. The van der Waals surface area contributed by atoms with Gasteiger partial charge >= 0.3 is 0 Å². The Bertz CT molecular complexity index is 708. The summed E-state index contributed by atoms with van der Waals surface area (Å²) in [6, 6.07) is 12.1. The van der Waals surface area contributed by atoms with Crippen LogP contribution in [0, 0.1) is 24.2 Å². The van der Waals surface area contributed by atoms with Gasteiger partial charge in [0.1, 0.15) is 11.1 Å². The largest absolute Gasteiger partial charge is 0.316 e. The van der Waals surface area contributed by atoms with Gasteiger partial charge in [-0.15, -0.1) is 11.3 Å². The average Bonchev–Trinajstić information content (AvgIpc) is 2.73. The van der Waals surface area contributed by atoms with Gasteiger partial charge < -0.3 is 5.32 Å². The van der Waals surface area contributed by atoms with E-state index in [9.17, 15) is 10.1 Å². The van der Waals surface area contributed by atoms with E-state index in [1.807, 2.05) is 37.3 Å². The number of carbonyl (C=O) groups excluding carboxylic acids is 1. The van der Waals surface area contributed by atoms with Crippen molar-refractivity contribution in [3.05, 3.63) is 40.8 Å². The van der Waals surface area contributed by atoms with Crippen LogP contribution < -0.4 is 5.32 Å². The molecule has 1 aliphatic carbocycles. The molecule has 1 aliphatic rings. The van der Waals surface area contributed by atoms with Crippen LogP contribution in [0.15, 0.2) is 30.3 Å². The number of rotatable bonds is 3. The van der Waals surface area contributed by atoms with Crippen molar-refractivity contribution in [3.8, 4) is 17.2 Å². The molecule has 3 nitrogen and oxygen atoms in total. The Morgan fingerprint density at radius 2 is 2.05 bits per heavy atom. The van der Waals surface area contributed by atoms with Crippen LogP contribution in [0.1, 0.15) is 29.7 Å². The second kappa shape index (κ2) is 5.71. The molecule has 1 aromatic carbocycles. The lowest BCUT2D eigenvalue weighted by atomic mass is 9.85. The number of aryl methyl sites for hydroxylation is 1. The van der Waals surface area contributed by atoms with Crippen LogP contribution in [-0.4, -0.2) is 5.91 Å². The zero-order valence-electron chi connectivity index (χ0n) is 11.8. The molecular formula is C17H16N2OS. The third-order valence-corrected chi connectivity index (χ3v) is 4.99. The number of nitrogens with one attached hydrogen (secondary N) is 1. The minimum atomic E-state index is 0.0543. The van der Waals surface area contributed by atoms with E-state index >= 15 is 0 Å². The van der Waals surface area contributed by atoms with Gasteiger partial charge in [0.05, 0.1) is 5.56 Å². The van der Waals surface area contributed by atoms with E-state index < -0.39 is 0 Å². The summed E-state index contributed by atoms with van der Waals surface area (Å²) in [7, 11) is 0. The zero-order chi connectivity index (χ0) is 14.8. The lowest BCUT2D eigenvalue weighted by molar-refractivity contribution is -0.122. The molecule has 3 rings (SSSR count). The number of benzene rings is 1. The zero-order valence-corrected chi connectivity index (χ0v) is 12.7. The van der Waals surface area contributed by atoms with Gasteiger partial charge in [-0.25, -0.2) is 0 Å². The first-order valence-corrected chi connectivity index (χ1v) is 7.92. The number of hydrogen-bond acceptors (Lipinski definition) is 3. The Balaban J connectivity index is 1.96. The lowest BCUT2D eigenvalue weighted by Gasteiger charge is -2.23. The molecule has 21 heavy (non-hydrogen) atoms. The Morgan fingerprint density at radius 1 is 1.33 bits per heavy atom. The third kappa shape index (κ3) is 2.57. The monoisotopic (exact) mass is 296 g/mol. The fourth-order valence-corrected chi connectivity index (χ4v) is 3.61. The van der Waals surface area contributed by atoms with Crippen LogP contribution in [0.4, 0.5) is 5.00 Å². The molecule has 0 bridgehead atoms. The lowest BCUT2D eigenvalue weighted by Crippen LogP contribution is -2.27. The van der Waals surface area contributed by atoms with E-state index in [1.54, 1.807) is 0 Å². The van der Waals surface area contributed by atoms with E-state index in [2.05, 4.69) is 11.4 Å². The van der Waals surface area contributed by atoms with Gasteiger partial charge in [0, 0.05) is 16.4 Å². The number of hydrogen-bond donors (Lipinski definition) is 1. The fourth-order valence-electron chi connectivity index (χ4n) is 2.58. The van der Waals surface area contributed by atoms with Crippen LogP contribution >= 0.6 is 11.3 Å². The molecule has 1 heterocycles. The van der Waals surface area contributed by atoms with Crippen LogP contribution in [0.3, 0.4) is 0 Å². The summed E-state index contributed by atoms with van der Waals surface area (Å²) in [6.45, 7) is 1.99. The summed E-state index contributed by atoms with van der Waals surface area (Å²) < 4.78 is 0. The highest BCUT2D eigenvalue weighted by molar-refractivity contribution is 7.17. The van der Waals surface area contributed by atoms with Crippen molar-refractivity contribution in [2.75, 3.05) is 5.32 Å². The molecule has 4 heteroatoms. The highest BCUT2D eigenvalue weighted by Gasteiger charge is 2.27. The first-order valence-electron chi connectivity index (χ1n) is 7.10. The van der Waals surface area contributed by atoms with Crippen LogP contribution in [0.5, 0.6) is 0 Å². The topological polar surface area (TPSA) is 52.9 Å². The molecular weight excluding hydrogens is 280 g/mol. The van der Waals surface area contributed by atoms with Gasteiger partial charge in [0.15, 0.2) is 0 Å². The maximum Gasteiger partial charge on any atom is 0.228 e. The van der Waals surface area contributed by atoms with E-state index in [0.29, 0.717) is 10.6 Å². The molecule has 0 saturated heterocycles. The molecule has 0 aliphatic heterocycles. The summed E-state index contributed by atoms with van der Waals surface area (Å²) in [4.78, 5) is 13.2. The highest BCUT2D eigenvalue weighted by Crippen LogP contribution is 2.40. The van der Waals surface area contributed by atoms with Crippen molar-refractivity contribution in [1.29, 1.82) is 5.26 Å². The molecule has 106 valence electrons. The van der Waals surface area contributed by atoms with Crippen molar-refractivity contribution < 1.29 is 4.79 Å². The number of carbonyl (C=O) groups is 1. The Kier molecular flexibility index (Phi) is 3.76. The Labute approximate surface area is 128 Å². The van der Waals surface area contributed by atoms with Crippen molar-refractivity contribution in [2.24, 2.45) is 5.92 Å². The van der Waals surface area contributed by atoms with Crippen molar-refractivity contribution in [1.82, 2.24) is 0 Å². The number of nitrogens with zero attached hydrogens (tertiary/aromatic N) is 1. The predicted octanol–water partition coefficient (Wildman–Crippen LogP) is 4.33. The second-order valence-corrected chi connectivity index (χ2v) is 6.56. The third-order valence-electron chi connectivity index (χ3n) is 3.97. The van der Waals surface area contributed by atoms with Crippen LogP contribution in [-0.2, 0) is 4.79 Å². The molecule has 0 spiro atoms. The molecule has 1 saturated carbocycles. The molecule has 1 aromatic heterocycles. The minimum absolute atomic E-state index is 0.0543. The minimum Gasteiger partial charge on any atom is -0.316 e. The van der Waals surface area contributed by atoms with E-state index in [0.717, 1.165) is 35.3 Å². The summed E-state index contributed by atoms with van der Waals surface area (Å²) in [5.41, 5.74) is 2.54. The first kappa shape index (κ1) is 13.8. The van der Waals surface area contributed by atoms with E-state index in [1.165, 1.54) is 11.3 Å². The van der Waals surface area contributed by atoms with Gasteiger partial charge in [-0.2, -0.15) is 5.26 Å². The van der Waals surface area contributed by atoms with Gasteiger partial charge in [-0.1, -0.05) is 36.8 Å². The standard InChI is InChI=1S/C17H16N2OS/c1-11-15(12-6-3-2-4-7-12)14(10-18)17(21-11)19-16(20)13-8-5-9-13/h2-4,6-7,13H,5,8-9H2,1H3,(H,19,20). The fraction of sp³-hybridized carbons (Fsp3) is 0.294. The van der Waals surface area contributed by atoms with Crippen molar-refractivity contribution >= 4 is 22.2 Å². The van der Waals surface area contributed by atoms with Crippen LogP contribution in [0.25, 0.3) is 11.1 Å². The Morgan fingerprint density at radius 3 is 2.62 bits per heavy atom. The normalized spacial score (nSPS) is 14.3. The highest BCUT2D eigenvalue weighted by atomic mass is 32.1. The molecule has 2 aromatic rings. The maximum absolute atomic E-state index is 12.1. The SMILES string of the molecule is Cc1sc(NC(=O)C2CCC2)c(C#N)c1-c1ccccc1. The van der Waals surface area contributed by atoms with Gasteiger partial charge in [0.25, 0.3) is 0 Å². The molecule has 0 radical (unpaired) electrons. The molecule has 1 amide bonds. The van der Waals surface area contributed by atoms with Gasteiger partial charge in [-0.05, 0) is 25.3 Å². The van der Waals surface area contributed by atoms with Gasteiger partial charge in [0.2, 0.25) is 5.91 Å². The van der Waals surface area contributed by atoms with E-state index in [-0.39, 0.29) is 11.8 Å². The van der Waals surface area contributed by atoms with Crippen molar-refractivity contribution in [2.45, 2.75) is 26.2 Å². The van der Waals surface area contributed by atoms with Crippen LogP contribution in [0.2, 0.25) is 0 Å². The number of thiophene rings is 1. The summed E-state index contributed by atoms with van der Waals surface area (Å²) in [6.07, 6.45) is 3.05. The summed E-state index contributed by atoms with van der Waals surface area (Å²) in [5, 5.41) is 13.1. The molecule has 1 fully saturated rings. The number of amides is 1. The number of nitriles is 1. The van der Waals surface area contributed by atoms with Crippen molar-refractivity contribution in [3.63, 3.8) is 0 Å². The second-order valence-electron chi connectivity index (χ2n) is 5.33. The first-order chi connectivity index (χ1) is 10.2. The predicted molar refractivity (Wildman–Crippen MR) is 85.2 cm³/mol. The molecule has 0 unspecified atom stereocenters. The quantitative estimate of drug-likeness (QED) is 0.916. The summed E-state index contributed by atoms with van der Waals surface area (Å²) >= 11 is 1.49. The maximum atomic E-state index is 12.1. The summed E-state index contributed by atoms with van der Waals surface area (Å²) in [5.74, 6) is 0.178. The average molecular weight is 296 g/mol. The smallest absolute Gasteiger partial charge is 0.228 e.